The van der Waals surface area contributed by atoms with Crippen molar-refractivity contribution in [3.8, 4) is 5.75 Å². The van der Waals surface area contributed by atoms with Gasteiger partial charge >= 0.3 is 0 Å². The number of halogens is 1. The zero-order chi connectivity index (χ0) is 12.8. The molecule has 0 radical (unpaired) electrons. The third-order valence-electron chi connectivity index (χ3n) is 2.11. The lowest BCUT2D eigenvalue weighted by Crippen LogP contribution is -2.02. The third kappa shape index (κ3) is 3.75. The predicted octanol–water partition coefficient (Wildman–Crippen LogP) is 3.84. The second-order valence-corrected chi connectivity index (χ2v) is 4.25. The van der Waals surface area contributed by atoms with Gasteiger partial charge in [0, 0.05) is 11.1 Å². The van der Waals surface area contributed by atoms with Crippen LogP contribution >= 0.6 is 11.6 Å². The van der Waals surface area contributed by atoms with Gasteiger partial charge < -0.3 is 4.74 Å². The third-order valence-corrected chi connectivity index (χ3v) is 2.39. The van der Waals surface area contributed by atoms with Crippen LogP contribution in [0.5, 0.6) is 5.75 Å². The summed E-state index contributed by atoms with van der Waals surface area (Å²) in [6, 6.07) is 3.35. The molecule has 0 heterocycles. The molecule has 90 valence electrons. The van der Waals surface area contributed by atoms with Crippen LogP contribution in [0.2, 0.25) is 5.02 Å². The van der Waals surface area contributed by atoms with E-state index in [2.05, 4.69) is 13.2 Å². The predicted molar refractivity (Wildman–Crippen MR) is 71.0 cm³/mol. The molecule has 3 heteroatoms. The van der Waals surface area contributed by atoms with Crippen LogP contribution in [0.3, 0.4) is 0 Å². The first-order valence-electron chi connectivity index (χ1n) is 5.24. The van der Waals surface area contributed by atoms with Crippen LogP contribution in [0.15, 0.2) is 36.9 Å². The highest BCUT2D eigenvalue weighted by Crippen LogP contribution is 2.31. The molecule has 0 N–H and O–H groups in total. The van der Waals surface area contributed by atoms with E-state index in [1.807, 2.05) is 6.92 Å². The van der Waals surface area contributed by atoms with Gasteiger partial charge in [0.15, 0.2) is 0 Å². The summed E-state index contributed by atoms with van der Waals surface area (Å²) >= 11 is 6.08. The maximum Gasteiger partial charge on any atom is 0.150 e. The number of carbonyl (C=O) groups excluding carboxylic acids is 1. The van der Waals surface area contributed by atoms with Gasteiger partial charge in [0.1, 0.15) is 18.6 Å². The van der Waals surface area contributed by atoms with Crippen molar-refractivity contribution in [1.82, 2.24) is 0 Å². The quantitative estimate of drug-likeness (QED) is 0.567. The van der Waals surface area contributed by atoms with E-state index in [0.29, 0.717) is 29.4 Å². The van der Waals surface area contributed by atoms with E-state index < -0.39 is 0 Å². The molecule has 0 saturated heterocycles. The minimum atomic E-state index is 0.407. The van der Waals surface area contributed by atoms with Gasteiger partial charge in [-0.05, 0) is 31.1 Å². The molecule has 17 heavy (non-hydrogen) atoms. The lowest BCUT2D eigenvalue weighted by Gasteiger charge is -2.13. The normalized spacial score (nSPS) is 9.76. The number of carbonyl (C=O) groups is 1. The molecule has 1 aromatic rings. The molecule has 0 aromatic heterocycles. The Balaban J connectivity index is 3.11. The molecule has 0 aliphatic rings. The summed E-state index contributed by atoms with van der Waals surface area (Å²) in [5.41, 5.74) is 2.30. The van der Waals surface area contributed by atoms with Crippen molar-refractivity contribution in [3.63, 3.8) is 0 Å². The van der Waals surface area contributed by atoms with E-state index in [1.54, 1.807) is 18.2 Å². The number of benzene rings is 1. The molecule has 0 atom stereocenters. The Bertz CT molecular complexity index is 450. The molecule has 0 unspecified atom stereocenters. The Morgan fingerprint density at radius 3 is 2.76 bits per heavy atom. The molecule has 0 aliphatic carbocycles. The Hall–Kier alpha value is -1.54. The highest BCUT2D eigenvalue weighted by molar-refractivity contribution is 6.32. The summed E-state index contributed by atoms with van der Waals surface area (Å²) in [5.74, 6) is 0.597. The van der Waals surface area contributed by atoms with Crippen LogP contribution in [0.25, 0.3) is 0 Å². The summed E-state index contributed by atoms with van der Waals surface area (Å²) in [6.45, 7) is 9.72. The average Bonchev–Trinajstić information content (AvgIpc) is 2.27. The first-order chi connectivity index (χ1) is 8.08. The van der Waals surface area contributed by atoms with E-state index in [-0.39, 0.29) is 0 Å². The lowest BCUT2D eigenvalue weighted by atomic mass is 10.1. The van der Waals surface area contributed by atoms with E-state index in [1.165, 1.54) is 0 Å². The average molecular weight is 251 g/mol. The summed E-state index contributed by atoms with van der Waals surface area (Å²) in [7, 11) is 0. The van der Waals surface area contributed by atoms with E-state index in [4.69, 9.17) is 16.3 Å². The number of aldehydes is 1. The number of ether oxygens (including phenoxy) is 1. The van der Waals surface area contributed by atoms with Crippen LogP contribution in [0.1, 0.15) is 22.8 Å². The topological polar surface area (TPSA) is 26.3 Å². The van der Waals surface area contributed by atoms with Crippen molar-refractivity contribution < 1.29 is 9.53 Å². The van der Waals surface area contributed by atoms with Crippen molar-refractivity contribution >= 4 is 17.9 Å². The molecule has 0 amide bonds. The molecule has 0 bridgehead atoms. The molecule has 0 saturated carbocycles. The smallest absolute Gasteiger partial charge is 0.150 e. The zero-order valence-electron chi connectivity index (χ0n) is 9.83. The second-order valence-electron chi connectivity index (χ2n) is 3.85. The number of hydrogen-bond acceptors (Lipinski definition) is 2. The van der Waals surface area contributed by atoms with Crippen LogP contribution in [0.4, 0.5) is 0 Å². The van der Waals surface area contributed by atoms with Crippen molar-refractivity contribution in [2.45, 2.75) is 13.3 Å². The molecule has 0 aliphatic heterocycles. The second kappa shape index (κ2) is 6.26. The Kier molecular flexibility index (Phi) is 4.98. The summed E-state index contributed by atoms with van der Waals surface area (Å²) in [6.07, 6.45) is 3.11. The monoisotopic (exact) mass is 250 g/mol. The van der Waals surface area contributed by atoms with Gasteiger partial charge in [-0.3, -0.25) is 4.79 Å². The van der Waals surface area contributed by atoms with Gasteiger partial charge in [-0.1, -0.05) is 24.3 Å². The van der Waals surface area contributed by atoms with Gasteiger partial charge in [-0.25, -0.2) is 0 Å². The van der Waals surface area contributed by atoms with E-state index >= 15 is 0 Å². The minimum absolute atomic E-state index is 0.407. The number of allylic oxidation sites excluding steroid dienone is 1. The fourth-order valence-corrected chi connectivity index (χ4v) is 1.71. The van der Waals surface area contributed by atoms with E-state index in [9.17, 15) is 4.79 Å². The largest absolute Gasteiger partial charge is 0.487 e. The minimum Gasteiger partial charge on any atom is -0.487 e. The summed E-state index contributed by atoms with van der Waals surface area (Å²) < 4.78 is 5.59. The van der Waals surface area contributed by atoms with Gasteiger partial charge in [0.25, 0.3) is 0 Å². The van der Waals surface area contributed by atoms with Crippen LogP contribution in [0, 0.1) is 0 Å². The zero-order valence-corrected chi connectivity index (χ0v) is 10.6. The standard InChI is InChI=1S/C14H15ClO2/c1-4-5-12-6-11(8-16)7-13(15)14(12)17-9-10(2)3/h4,6-8H,1-2,5,9H2,3H3. The van der Waals surface area contributed by atoms with E-state index in [0.717, 1.165) is 17.4 Å². The van der Waals surface area contributed by atoms with Crippen molar-refractivity contribution in [1.29, 1.82) is 0 Å². The molecule has 1 aromatic carbocycles. The lowest BCUT2D eigenvalue weighted by molar-refractivity contribution is 0.112. The first kappa shape index (κ1) is 13.5. The van der Waals surface area contributed by atoms with Crippen LogP contribution < -0.4 is 4.74 Å². The van der Waals surface area contributed by atoms with Gasteiger partial charge in [0.05, 0.1) is 5.02 Å². The van der Waals surface area contributed by atoms with Crippen LogP contribution in [-0.4, -0.2) is 12.9 Å². The van der Waals surface area contributed by atoms with Gasteiger partial charge in [0.2, 0.25) is 0 Å². The van der Waals surface area contributed by atoms with Crippen molar-refractivity contribution in [3.05, 3.63) is 53.1 Å². The fraction of sp³-hybridized carbons (Fsp3) is 0.214. The maximum atomic E-state index is 10.8. The molecule has 1 rings (SSSR count). The number of rotatable bonds is 6. The Morgan fingerprint density at radius 1 is 1.53 bits per heavy atom. The van der Waals surface area contributed by atoms with Gasteiger partial charge in [-0.2, -0.15) is 0 Å². The van der Waals surface area contributed by atoms with Crippen LogP contribution in [-0.2, 0) is 6.42 Å². The molecular formula is C14H15ClO2. The molecular weight excluding hydrogens is 236 g/mol. The maximum absolute atomic E-state index is 10.8. The number of hydrogen-bond donors (Lipinski definition) is 0. The fourth-order valence-electron chi connectivity index (χ4n) is 1.41. The molecule has 0 fully saturated rings. The highest BCUT2D eigenvalue weighted by atomic mass is 35.5. The van der Waals surface area contributed by atoms with Gasteiger partial charge in [-0.15, -0.1) is 6.58 Å². The SMILES string of the molecule is C=CCc1cc(C=O)cc(Cl)c1OCC(=C)C. The molecule has 0 spiro atoms. The highest BCUT2D eigenvalue weighted by Gasteiger charge is 2.10. The first-order valence-corrected chi connectivity index (χ1v) is 5.62. The Labute approximate surface area is 107 Å². The van der Waals surface area contributed by atoms with Crippen molar-refractivity contribution in [2.75, 3.05) is 6.61 Å². The summed E-state index contributed by atoms with van der Waals surface area (Å²) in [4.78, 5) is 10.8. The van der Waals surface area contributed by atoms with Crippen molar-refractivity contribution in [2.24, 2.45) is 0 Å². The Morgan fingerprint density at radius 2 is 2.24 bits per heavy atom. The molecule has 2 nitrogen and oxygen atoms in total. The summed E-state index contributed by atoms with van der Waals surface area (Å²) in [5, 5.41) is 0.438.